The number of nitrogens with zero attached hydrogens (tertiary/aromatic N) is 2. The first kappa shape index (κ1) is 11.1. The number of pyridine rings is 1. The highest BCUT2D eigenvalue weighted by atomic mass is 16.5. The van der Waals surface area contributed by atoms with E-state index in [1.54, 1.807) is 12.1 Å². The third-order valence-electron chi connectivity index (χ3n) is 2.18. The van der Waals surface area contributed by atoms with Gasteiger partial charge in [0.2, 0.25) is 11.8 Å². The molecule has 17 heavy (non-hydrogen) atoms. The average molecular weight is 233 g/mol. The summed E-state index contributed by atoms with van der Waals surface area (Å²) >= 11 is 0. The van der Waals surface area contributed by atoms with Crippen LogP contribution >= 0.6 is 0 Å². The maximum atomic E-state index is 11.2. The molecule has 88 valence electrons. The second-order valence-corrected chi connectivity index (χ2v) is 3.22. The molecule has 0 fully saturated rings. The molecule has 0 aromatic carbocycles. The zero-order valence-corrected chi connectivity index (χ0v) is 9.43. The summed E-state index contributed by atoms with van der Waals surface area (Å²) in [5, 5.41) is 0. The Hall–Kier alpha value is -2.37. The van der Waals surface area contributed by atoms with Crippen molar-refractivity contribution in [3.05, 3.63) is 34.9 Å². The second kappa shape index (κ2) is 4.65. The van der Waals surface area contributed by atoms with Gasteiger partial charge in [0.15, 0.2) is 0 Å². The van der Waals surface area contributed by atoms with Crippen molar-refractivity contribution in [3.63, 3.8) is 0 Å². The fourth-order valence-corrected chi connectivity index (χ4v) is 1.41. The van der Waals surface area contributed by atoms with Crippen LogP contribution in [0.25, 0.3) is 11.3 Å². The Labute approximate surface area is 97.3 Å². The van der Waals surface area contributed by atoms with Crippen LogP contribution in [0.15, 0.2) is 29.3 Å². The molecule has 2 rings (SSSR count). The Morgan fingerprint density at radius 2 is 2.00 bits per heavy atom. The van der Waals surface area contributed by atoms with E-state index in [9.17, 15) is 4.79 Å². The normalized spacial score (nSPS) is 10.0. The molecule has 0 spiro atoms. The number of rotatable bonds is 3. The molecule has 6 nitrogen and oxygen atoms in total. The first-order valence-corrected chi connectivity index (χ1v) is 4.88. The molecule has 6 heteroatoms. The molecule has 0 atom stereocenters. The van der Waals surface area contributed by atoms with Crippen LogP contribution in [0.4, 0.5) is 0 Å². The lowest BCUT2D eigenvalue weighted by Gasteiger charge is -2.08. The van der Waals surface area contributed by atoms with Gasteiger partial charge in [0.25, 0.3) is 5.56 Å². The topological polar surface area (TPSA) is 77.1 Å². The molecular formula is C11H11N3O3. The Kier molecular flexibility index (Phi) is 3.04. The number of aromatic amines is 1. The van der Waals surface area contributed by atoms with Gasteiger partial charge in [-0.05, 0) is 6.07 Å². The number of hydrogen-bond acceptors (Lipinski definition) is 5. The fourth-order valence-electron chi connectivity index (χ4n) is 1.41. The molecule has 0 aliphatic carbocycles. The number of nitrogens with one attached hydrogen (secondary N) is 1. The molecule has 0 radical (unpaired) electrons. The highest BCUT2D eigenvalue weighted by molar-refractivity contribution is 5.64. The highest BCUT2D eigenvalue weighted by Gasteiger charge is 2.09. The largest absolute Gasteiger partial charge is 0.481 e. The summed E-state index contributed by atoms with van der Waals surface area (Å²) in [6.07, 6.45) is 2.74. The van der Waals surface area contributed by atoms with Crippen LogP contribution in [0.5, 0.6) is 11.8 Å². The van der Waals surface area contributed by atoms with Crippen molar-refractivity contribution >= 4 is 0 Å². The van der Waals surface area contributed by atoms with Gasteiger partial charge in [0.05, 0.1) is 37.9 Å². The third-order valence-corrected chi connectivity index (χ3v) is 2.18. The van der Waals surface area contributed by atoms with Crippen LogP contribution in [0.2, 0.25) is 0 Å². The Balaban J connectivity index is 2.55. The second-order valence-electron chi connectivity index (χ2n) is 3.22. The monoisotopic (exact) mass is 233 g/mol. The van der Waals surface area contributed by atoms with E-state index in [1.807, 2.05) is 0 Å². The van der Waals surface area contributed by atoms with E-state index in [0.717, 1.165) is 0 Å². The van der Waals surface area contributed by atoms with E-state index in [4.69, 9.17) is 9.47 Å². The molecule has 0 amide bonds. The smallest absolute Gasteiger partial charge is 0.266 e. The van der Waals surface area contributed by atoms with Gasteiger partial charge in [0.1, 0.15) is 0 Å². The first-order valence-electron chi connectivity index (χ1n) is 4.88. The van der Waals surface area contributed by atoms with Crippen molar-refractivity contribution < 1.29 is 9.47 Å². The number of methoxy groups -OCH3 is 2. The summed E-state index contributed by atoms with van der Waals surface area (Å²) in [6.45, 7) is 0. The van der Waals surface area contributed by atoms with Crippen LogP contribution in [0, 0.1) is 0 Å². The molecule has 0 unspecified atom stereocenters. The molecular weight excluding hydrogens is 222 g/mol. The van der Waals surface area contributed by atoms with E-state index in [2.05, 4.69) is 15.0 Å². The van der Waals surface area contributed by atoms with Crippen LogP contribution in [0.1, 0.15) is 0 Å². The van der Waals surface area contributed by atoms with Gasteiger partial charge in [-0.1, -0.05) is 0 Å². The van der Waals surface area contributed by atoms with Crippen LogP contribution in [0.3, 0.4) is 0 Å². The van der Waals surface area contributed by atoms with Crippen molar-refractivity contribution in [3.8, 4) is 23.0 Å². The SMILES string of the molecule is COc1ccc(-c2cncc(=O)[nH]2)c(OC)n1. The lowest BCUT2D eigenvalue weighted by molar-refractivity contribution is 0.366. The molecule has 0 saturated carbocycles. The number of aromatic nitrogens is 3. The van der Waals surface area contributed by atoms with Crippen molar-refractivity contribution in [1.29, 1.82) is 0 Å². The van der Waals surface area contributed by atoms with Crippen molar-refractivity contribution in [2.75, 3.05) is 14.2 Å². The van der Waals surface area contributed by atoms with Crippen molar-refractivity contribution in [1.82, 2.24) is 15.0 Å². The van der Waals surface area contributed by atoms with Crippen molar-refractivity contribution in [2.45, 2.75) is 0 Å². The molecule has 2 aromatic heterocycles. The van der Waals surface area contributed by atoms with Gasteiger partial charge in [-0.15, -0.1) is 0 Å². The van der Waals surface area contributed by atoms with Crippen LogP contribution < -0.4 is 15.0 Å². The van der Waals surface area contributed by atoms with Gasteiger partial charge >= 0.3 is 0 Å². The number of ether oxygens (including phenoxy) is 2. The van der Waals surface area contributed by atoms with Crippen LogP contribution in [-0.2, 0) is 0 Å². The quantitative estimate of drug-likeness (QED) is 0.850. The minimum Gasteiger partial charge on any atom is -0.481 e. The predicted octanol–water partition coefficient (Wildman–Crippen LogP) is 0.849. The third kappa shape index (κ3) is 2.25. The van der Waals surface area contributed by atoms with Gasteiger partial charge in [0, 0.05) is 6.07 Å². The standard InChI is InChI=1S/C11H11N3O3/c1-16-10-4-3-7(11(14-10)17-2)8-5-12-6-9(15)13-8/h3-6H,1-2H3,(H,13,15). The molecule has 0 bridgehead atoms. The lowest BCUT2D eigenvalue weighted by atomic mass is 10.2. The van der Waals surface area contributed by atoms with Gasteiger partial charge in [-0.25, -0.2) is 0 Å². The number of H-pyrrole nitrogens is 1. The van der Waals surface area contributed by atoms with E-state index >= 15 is 0 Å². The summed E-state index contributed by atoms with van der Waals surface area (Å²) in [6, 6.07) is 3.43. The summed E-state index contributed by atoms with van der Waals surface area (Å²) < 4.78 is 10.1. The first-order chi connectivity index (χ1) is 8.24. The molecule has 2 heterocycles. The number of hydrogen-bond donors (Lipinski definition) is 1. The minimum atomic E-state index is -0.277. The summed E-state index contributed by atoms with van der Waals surface area (Å²) in [7, 11) is 3.02. The van der Waals surface area contributed by atoms with Gasteiger partial charge < -0.3 is 14.5 Å². The predicted molar refractivity (Wildman–Crippen MR) is 61.2 cm³/mol. The fraction of sp³-hybridized carbons (Fsp3) is 0.182. The maximum absolute atomic E-state index is 11.2. The van der Waals surface area contributed by atoms with E-state index in [-0.39, 0.29) is 5.56 Å². The lowest BCUT2D eigenvalue weighted by Crippen LogP contribution is -2.06. The summed E-state index contributed by atoms with van der Waals surface area (Å²) in [5.41, 5.74) is 0.920. The van der Waals surface area contributed by atoms with Gasteiger partial charge in [-0.3, -0.25) is 9.78 Å². The summed E-state index contributed by atoms with van der Waals surface area (Å²) in [5.74, 6) is 0.810. The molecule has 0 saturated heterocycles. The van der Waals surface area contributed by atoms with E-state index in [0.29, 0.717) is 23.0 Å². The molecule has 2 aromatic rings. The average Bonchev–Trinajstić information content (AvgIpc) is 2.38. The van der Waals surface area contributed by atoms with Crippen LogP contribution in [-0.4, -0.2) is 29.2 Å². The molecule has 0 aliphatic rings. The summed E-state index contributed by atoms with van der Waals surface area (Å²) in [4.78, 5) is 21.8. The van der Waals surface area contributed by atoms with Gasteiger partial charge in [-0.2, -0.15) is 4.98 Å². The zero-order valence-electron chi connectivity index (χ0n) is 9.43. The highest BCUT2D eigenvalue weighted by Crippen LogP contribution is 2.27. The Morgan fingerprint density at radius 3 is 2.65 bits per heavy atom. The van der Waals surface area contributed by atoms with Crippen molar-refractivity contribution in [2.24, 2.45) is 0 Å². The minimum absolute atomic E-state index is 0.277. The van der Waals surface area contributed by atoms with E-state index in [1.165, 1.54) is 26.6 Å². The Morgan fingerprint density at radius 1 is 1.18 bits per heavy atom. The zero-order chi connectivity index (χ0) is 12.3. The Bertz CT molecular complexity index is 580. The van der Waals surface area contributed by atoms with E-state index < -0.39 is 0 Å². The molecule has 1 N–H and O–H groups in total. The molecule has 0 aliphatic heterocycles. The maximum Gasteiger partial charge on any atom is 0.266 e.